The molecule has 0 saturated heterocycles. The molecule has 1 aromatic rings. The molecule has 6 heteroatoms. The lowest BCUT2D eigenvalue weighted by molar-refractivity contribution is -0.143. The number of aliphatic carboxylic acids is 1. The lowest BCUT2D eigenvalue weighted by Gasteiger charge is -2.13. The van der Waals surface area contributed by atoms with E-state index in [1.54, 1.807) is 0 Å². The number of hydrogen-bond acceptors (Lipinski definition) is 2. The number of carbonyl (C=O) groups is 2. The third-order valence-electron chi connectivity index (χ3n) is 3.04. The first-order valence-electron chi connectivity index (χ1n) is 6.74. The number of benzene rings is 1. The highest BCUT2D eigenvalue weighted by atomic mass is 19.3. The second-order valence-corrected chi connectivity index (χ2v) is 4.92. The predicted octanol–water partition coefficient (Wildman–Crippen LogP) is 2.54. The average molecular weight is 299 g/mol. The van der Waals surface area contributed by atoms with Crippen molar-refractivity contribution in [1.82, 2.24) is 5.32 Å². The first-order valence-corrected chi connectivity index (χ1v) is 6.74. The van der Waals surface area contributed by atoms with Gasteiger partial charge >= 0.3 is 5.97 Å². The number of aryl methyl sites for hydroxylation is 2. The van der Waals surface area contributed by atoms with Gasteiger partial charge in [-0.15, -0.1) is 0 Å². The van der Waals surface area contributed by atoms with Crippen molar-refractivity contribution < 1.29 is 23.5 Å². The maximum atomic E-state index is 12.2. The summed E-state index contributed by atoms with van der Waals surface area (Å²) in [7, 11) is 0. The molecule has 21 heavy (non-hydrogen) atoms. The topological polar surface area (TPSA) is 66.4 Å². The van der Waals surface area contributed by atoms with Crippen LogP contribution in [0.3, 0.4) is 0 Å². The summed E-state index contributed by atoms with van der Waals surface area (Å²) in [5.41, 5.74) is 2.23. The molecular formula is C15H19F2NO3. The molecule has 0 aliphatic carbocycles. The fourth-order valence-electron chi connectivity index (χ4n) is 1.87. The maximum Gasteiger partial charge on any atom is 0.326 e. The van der Waals surface area contributed by atoms with Gasteiger partial charge in [-0.05, 0) is 25.3 Å². The molecular weight excluding hydrogens is 280 g/mol. The van der Waals surface area contributed by atoms with E-state index in [1.165, 1.54) is 0 Å². The second kappa shape index (κ2) is 8.34. The van der Waals surface area contributed by atoms with Crippen LogP contribution in [0.5, 0.6) is 0 Å². The Morgan fingerprint density at radius 3 is 2.38 bits per heavy atom. The summed E-state index contributed by atoms with van der Waals surface area (Å²) in [6, 6.07) is 6.34. The van der Waals surface area contributed by atoms with Gasteiger partial charge in [0.05, 0.1) is 0 Å². The van der Waals surface area contributed by atoms with E-state index in [0.29, 0.717) is 12.8 Å². The largest absolute Gasteiger partial charge is 0.480 e. The fraction of sp³-hybridized carbons (Fsp3) is 0.467. The fourth-order valence-corrected chi connectivity index (χ4v) is 1.87. The van der Waals surface area contributed by atoms with Crippen LogP contribution in [0.2, 0.25) is 0 Å². The Bertz CT molecular complexity index is 474. The smallest absolute Gasteiger partial charge is 0.326 e. The summed E-state index contributed by atoms with van der Waals surface area (Å²) in [5, 5.41) is 10.9. The molecule has 0 fully saturated rings. The lowest BCUT2D eigenvalue weighted by atomic mass is 10.1. The minimum absolute atomic E-state index is 0.112. The molecule has 1 amide bonds. The van der Waals surface area contributed by atoms with Crippen LogP contribution in [-0.4, -0.2) is 29.5 Å². The van der Waals surface area contributed by atoms with Crippen LogP contribution in [0.1, 0.15) is 30.4 Å². The molecule has 1 rings (SSSR count). The zero-order chi connectivity index (χ0) is 15.8. The van der Waals surface area contributed by atoms with E-state index >= 15 is 0 Å². The van der Waals surface area contributed by atoms with E-state index in [2.05, 4.69) is 5.32 Å². The molecule has 0 aliphatic rings. The quantitative estimate of drug-likeness (QED) is 0.775. The maximum absolute atomic E-state index is 12.2. The monoisotopic (exact) mass is 299 g/mol. The summed E-state index contributed by atoms with van der Waals surface area (Å²) < 4.78 is 24.4. The van der Waals surface area contributed by atoms with Gasteiger partial charge < -0.3 is 10.4 Å². The molecule has 0 bridgehead atoms. The number of nitrogens with one attached hydrogen (secondary N) is 1. The molecule has 0 aromatic heterocycles. The molecule has 4 nitrogen and oxygen atoms in total. The van der Waals surface area contributed by atoms with E-state index in [-0.39, 0.29) is 6.42 Å². The van der Waals surface area contributed by atoms with Gasteiger partial charge in [0.1, 0.15) is 6.04 Å². The van der Waals surface area contributed by atoms with Gasteiger partial charge in [0.2, 0.25) is 12.3 Å². The van der Waals surface area contributed by atoms with Crippen LogP contribution in [0.25, 0.3) is 0 Å². The molecule has 1 aromatic carbocycles. The van der Waals surface area contributed by atoms with Gasteiger partial charge in [-0.1, -0.05) is 29.8 Å². The minimum atomic E-state index is -2.76. The number of carboxylic acid groups (broad SMARTS) is 1. The Balaban J connectivity index is 2.35. The van der Waals surface area contributed by atoms with Crippen molar-refractivity contribution in [3.05, 3.63) is 35.4 Å². The molecule has 0 saturated carbocycles. The van der Waals surface area contributed by atoms with Crippen molar-refractivity contribution in [2.45, 2.75) is 45.1 Å². The SMILES string of the molecule is Cc1ccc(CCCC(=O)NC(CC(F)F)C(=O)O)cc1. The molecule has 0 spiro atoms. The normalized spacial score (nSPS) is 12.2. The summed E-state index contributed by atoms with van der Waals surface area (Å²) in [4.78, 5) is 22.3. The van der Waals surface area contributed by atoms with Gasteiger partial charge in [0.25, 0.3) is 0 Å². The molecule has 1 atom stereocenters. The number of alkyl halides is 2. The van der Waals surface area contributed by atoms with Crippen molar-refractivity contribution >= 4 is 11.9 Å². The lowest BCUT2D eigenvalue weighted by Crippen LogP contribution is -2.41. The molecule has 0 aliphatic heterocycles. The zero-order valence-corrected chi connectivity index (χ0v) is 11.8. The second-order valence-electron chi connectivity index (χ2n) is 4.92. The van der Waals surface area contributed by atoms with Gasteiger partial charge in [-0.25, -0.2) is 13.6 Å². The van der Waals surface area contributed by atoms with Crippen molar-refractivity contribution in [2.24, 2.45) is 0 Å². The number of carboxylic acids is 1. The van der Waals surface area contributed by atoms with Gasteiger partial charge in [0, 0.05) is 12.8 Å². The van der Waals surface area contributed by atoms with Crippen LogP contribution < -0.4 is 5.32 Å². The Morgan fingerprint density at radius 2 is 1.86 bits per heavy atom. The van der Waals surface area contributed by atoms with E-state index in [9.17, 15) is 18.4 Å². The Kier molecular flexibility index (Phi) is 6.78. The minimum Gasteiger partial charge on any atom is -0.480 e. The van der Waals surface area contributed by atoms with Crippen molar-refractivity contribution in [3.8, 4) is 0 Å². The summed E-state index contributed by atoms with van der Waals surface area (Å²) in [5.74, 6) is -1.96. The van der Waals surface area contributed by atoms with Crippen molar-refractivity contribution in [1.29, 1.82) is 0 Å². The highest BCUT2D eigenvalue weighted by Crippen LogP contribution is 2.08. The van der Waals surface area contributed by atoms with Crippen LogP contribution in [0.4, 0.5) is 8.78 Å². The summed E-state index contributed by atoms with van der Waals surface area (Å²) in [6.45, 7) is 1.98. The highest BCUT2D eigenvalue weighted by molar-refractivity contribution is 5.83. The Hall–Kier alpha value is -1.98. The third-order valence-corrected chi connectivity index (χ3v) is 3.04. The number of hydrogen-bond donors (Lipinski definition) is 2. The summed E-state index contributed by atoms with van der Waals surface area (Å²) in [6.07, 6.45) is -2.31. The molecule has 116 valence electrons. The average Bonchev–Trinajstić information content (AvgIpc) is 2.39. The van der Waals surface area contributed by atoms with E-state index in [4.69, 9.17) is 5.11 Å². The van der Waals surface area contributed by atoms with Crippen molar-refractivity contribution in [3.63, 3.8) is 0 Å². The van der Waals surface area contributed by atoms with E-state index in [0.717, 1.165) is 11.1 Å². The van der Waals surface area contributed by atoms with Crippen LogP contribution in [0.15, 0.2) is 24.3 Å². The molecule has 0 radical (unpaired) electrons. The van der Waals surface area contributed by atoms with Gasteiger partial charge in [-0.2, -0.15) is 0 Å². The molecule has 2 N–H and O–H groups in total. The first-order chi connectivity index (χ1) is 9.88. The molecule has 1 unspecified atom stereocenters. The first kappa shape index (κ1) is 17.1. The number of amides is 1. The van der Waals surface area contributed by atoms with E-state index < -0.39 is 30.8 Å². The number of rotatable bonds is 8. The standard InChI is InChI=1S/C15H19F2NO3/c1-10-5-7-11(8-6-10)3-2-4-14(19)18-12(15(20)21)9-13(16)17/h5-8,12-13H,2-4,9H2,1H3,(H,18,19)(H,20,21). The van der Waals surface area contributed by atoms with Crippen LogP contribution in [-0.2, 0) is 16.0 Å². The molecule has 0 heterocycles. The van der Waals surface area contributed by atoms with Crippen molar-refractivity contribution in [2.75, 3.05) is 0 Å². The predicted molar refractivity (Wildman–Crippen MR) is 74.3 cm³/mol. The van der Waals surface area contributed by atoms with E-state index in [1.807, 2.05) is 31.2 Å². The number of halogens is 2. The Labute approximate surface area is 122 Å². The Morgan fingerprint density at radius 1 is 1.24 bits per heavy atom. The highest BCUT2D eigenvalue weighted by Gasteiger charge is 2.23. The van der Waals surface area contributed by atoms with Gasteiger partial charge in [0.15, 0.2) is 0 Å². The summed E-state index contributed by atoms with van der Waals surface area (Å²) >= 11 is 0. The van der Waals surface area contributed by atoms with Crippen LogP contribution >= 0.6 is 0 Å². The van der Waals surface area contributed by atoms with Crippen LogP contribution in [0, 0.1) is 6.92 Å². The third kappa shape index (κ3) is 6.83. The van der Waals surface area contributed by atoms with Gasteiger partial charge in [-0.3, -0.25) is 4.79 Å². The zero-order valence-electron chi connectivity index (χ0n) is 11.8. The number of carbonyl (C=O) groups excluding carboxylic acids is 1.